The molecule has 0 saturated carbocycles. The van der Waals surface area contributed by atoms with E-state index in [0.717, 1.165) is 4.52 Å². The van der Waals surface area contributed by atoms with Gasteiger partial charge in [-0.2, -0.15) is 18.2 Å². The first kappa shape index (κ1) is 24.1. The number of alkyl halides is 3. The number of rotatable bonds is 5. The maximum Gasteiger partial charge on any atom is 0.453 e. The third-order valence-electron chi connectivity index (χ3n) is 4.82. The molecule has 8 nitrogen and oxygen atoms in total. The molecule has 0 spiro atoms. The molecule has 2 amide bonds. The van der Waals surface area contributed by atoms with E-state index >= 15 is 0 Å². The molecule has 3 aromatic rings. The van der Waals surface area contributed by atoms with Gasteiger partial charge in [0.2, 0.25) is 5.91 Å². The van der Waals surface area contributed by atoms with Gasteiger partial charge in [0, 0.05) is 34.6 Å². The summed E-state index contributed by atoms with van der Waals surface area (Å²) in [5.41, 5.74) is 2.20. The summed E-state index contributed by atoms with van der Waals surface area (Å²) in [6, 6.07) is 6.50. The van der Waals surface area contributed by atoms with Crippen LogP contribution < -0.4 is 10.6 Å². The predicted octanol–water partition coefficient (Wildman–Crippen LogP) is 3.86. The first-order valence-corrected chi connectivity index (χ1v) is 10.3. The molecule has 2 N–H and O–H groups in total. The van der Waals surface area contributed by atoms with Crippen LogP contribution in [0.1, 0.15) is 60.3 Å². The van der Waals surface area contributed by atoms with E-state index in [1.165, 1.54) is 0 Å². The molecule has 0 atom stereocenters. The van der Waals surface area contributed by atoms with Crippen LogP contribution in [0.3, 0.4) is 0 Å². The second kappa shape index (κ2) is 8.80. The number of benzene rings is 1. The van der Waals surface area contributed by atoms with Crippen LogP contribution in [-0.4, -0.2) is 36.9 Å². The van der Waals surface area contributed by atoms with Gasteiger partial charge in [0.15, 0.2) is 0 Å². The standard InChI is InChI=1S/C22H25F3N6O2/c1-12-16(13(2)31-20(26-12)28-19(30-31)22(23,24)25)10-11-17(32)27-15-8-6-14(7-9-15)18(33)29-21(3,4)5/h6-9H,10-11H2,1-5H3,(H,27,32)(H,29,33). The fourth-order valence-electron chi connectivity index (χ4n) is 3.27. The number of aromatic nitrogens is 4. The molecule has 0 radical (unpaired) electrons. The number of nitrogens with zero attached hydrogens (tertiary/aromatic N) is 4. The summed E-state index contributed by atoms with van der Waals surface area (Å²) >= 11 is 0. The average molecular weight is 462 g/mol. The smallest absolute Gasteiger partial charge is 0.347 e. The van der Waals surface area contributed by atoms with E-state index in [4.69, 9.17) is 0 Å². The number of halogens is 3. The first-order chi connectivity index (χ1) is 15.2. The van der Waals surface area contributed by atoms with Gasteiger partial charge < -0.3 is 10.6 Å². The monoisotopic (exact) mass is 462 g/mol. The molecule has 176 valence electrons. The second-order valence-electron chi connectivity index (χ2n) is 8.74. The molecule has 0 unspecified atom stereocenters. The fraction of sp³-hybridized carbons (Fsp3) is 0.409. The summed E-state index contributed by atoms with van der Waals surface area (Å²) in [7, 11) is 0. The van der Waals surface area contributed by atoms with Gasteiger partial charge in [-0.25, -0.2) is 9.50 Å². The lowest BCUT2D eigenvalue weighted by molar-refractivity contribution is -0.144. The quantitative estimate of drug-likeness (QED) is 0.600. The van der Waals surface area contributed by atoms with Crippen molar-refractivity contribution >= 4 is 23.3 Å². The minimum absolute atomic E-state index is 0.0853. The number of aryl methyl sites for hydroxylation is 2. The first-order valence-electron chi connectivity index (χ1n) is 10.3. The van der Waals surface area contributed by atoms with Crippen LogP contribution in [0.5, 0.6) is 0 Å². The van der Waals surface area contributed by atoms with Gasteiger partial charge in [0.1, 0.15) is 0 Å². The lowest BCUT2D eigenvalue weighted by Crippen LogP contribution is -2.40. The highest BCUT2D eigenvalue weighted by Crippen LogP contribution is 2.27. The topological polar surface area (TPSA) is 101 Å². The molecular formula is C22H25F3N6O2. The largest absolute Gasteiger partial charge is 0.453 e. The van der Waals surface area contributed by atoms with E-state index < -0.39 is 12.0 Å². The summed E-state index contributed by atoms with van der Waals surface area (Å²) in [5, 5.41) is 9.12. The van der Waals surface area contributed by atoms with Crippen molar-refractivity contribution in [3.8, 4) is 0 Å². The highest BCUT2D eigenvalue weighted by molar-refractivity contribution is 5.96. The Morgan fingerprint density at radius 3 is 2.24 bits per heavy atom. The van der Waals surface area contributed by atoms with Crippen molar-refractivity contribution in [2.24, 2.45) is 0 Å². The average Bonchev–Trinajstić information content (AvgIpc) is 3.11. The number of carbonyl (C=O) groups excluding carboxylic acids is 2. The van der Waals surface area contributed by atoms with Crippen LogP contribution in [-0.2, 0) is 17.4 Å². The van der Waals surface area contributed by atoms with Crippen LogP contribution in [0.2, 0.25) is 0 Å². The maximum absolute atomic E-state index is 12.9. The molecule has 0 bridgehead atoms. The van der Waals surface area contributed by atoms with Gasteiger partial charge in [0.25, 0.3) is 17.5 Å². The normalized spacial score (nSPS) is 12.1. The Hall–Kier alpha value is -3.50. The van der Waals surface area contributed by atoms with Crippen molar-refractivity contribution in [1.82, 2.24) is 24.9 Å². The van der Waals surface area contributed by atoms with E-state index in [1.807, 2.05) is 20.8 Å². The molecule has 2 aromatic heterocycles. The van der Waals surface area contributed by atoms with Crippen molar-refractivity contribution < 1.29 is 22.8 Å². The van der Waals surface area contributed by atoms with Crippen molar-refractivity contribution in [1.29, 1.82) is 0 Å². The molecule has 0 aliphatic rings. The van der Waals surface area contributed by atoms with Gasteiger partial charge in [0.05, 0.1) is 0 Å². The lowest BCUT2D eigenvalue weighted by atomic mass is 10.1. The van der Waals surface area contributed by atoms with E-state index in [1.54, 1.807) is 38.1 Å². The third-order valence-corrected chi connectivity index (χ3v) is 4.82. The van der Waals surface area contributed by atoms with Crippen molar-refractivity contribution in [2.75, 3.05) is 5.32 Å². The lowest BCUT2D eigenvalue weighted by Gasteiger charge is -2.20. The summed E-state index contributed by atoms with van der Waals surface area (Å²) in [6.07, 6.45) is -4.32. The Kier molecular flexibility index (Phi) is 6.44. The maximum atomic E-state index is 12.9. The number of fused-ring (bicyclic) bond motifs is 1. The van der Waals surface area contributed by atoms with Crippen molar-refractivity contribution in [2.45, 2.75) is 59.2 Å². The van der Waals surface area contributed by atoms with Gasteiger partial charge >= 0.3 is 6.18 Å². The molecular weight excluding hydrogens is 437 g/mol. The minimum atomic E-state index is -4.67. The Morgan fingerprint density at radius 1 is 1.03 bits per heavy atom. The molecule has 0 saturated heterocycles. The zero-order valence-corrected chi connectivity index (χ0v) is 19.0. The number of hydrogen-bond donors (Lipinski definition) is 2. The minimum Gasteiger partial charge on any atom is -0.347 e. The fourth-order valence-corrected chi connectivity index (χ4v) is 3.27. The summed E-state index contributed by atoms with van der Waals surface area (Å²) < 4.78 is 39.8. The molecule has 0 aliphatic heterocycles. The van der Waals surface area contributed by atoms with E-state index in [-0.39, 0.29) is 36.0 Å². The molecule has 0 fully saturated rings. The van der Waals surface area contributed by atoms with Crippen LogP contribution in [0.25, 0.3) is 5.78 Å². The predicted molar refractivity (Wildman–Crippen MR) is 116 cm³/mol. The van der Waals surface area contributed by atoms with Gasteiger partial charge in [-0.05, 0) is 70.9 Å². The van der Waals surface area contributed by atoms with Gasteiger partial charge in [-0.3, -0.25) is 9.59 Å². The SMILES string of the molecule is Cc1nc2nc(C(F)(F)F)nn2c(C)c1CCC(=O)Nc1ccc(C(=O)NC(C)(C)C)cc1. The van der Waals surface area contributed by atoms with E-state index in [0.29, 0.717) is 28.2 Å². The second-order valence-corrected chi connectivity index (χ2v) is 8.74. The van der Waals surface area contributed by atoms with Crippen molar-refractivity contribution in [3.63, 3.8) is 0 Å². The van der Waals surface area contributed by atoms with Crippen LogP contribution in [0.4, 0.5) is 18.9 Å². The summed E-state index contributed by atoms with van der Waals surface area (Å²) in [6.45, 7) is 8.92. The number of amides is 2. The molecule has 3 rings (SSSR count). The number of carbonyl (C=O) groups is 2. The highest BCUT2D eigenvalue weighted by atomic mass is 19.4. The highest BCUT2D eigenvalue weighted by Gasteiger charge is 2.37. The molecule has 11 heteroatoms. The van der Waals surface area contributed by atoms with Crippen LogP contribution in [0, 0.1) is 13.8 Å². The number of anilines is 1. The van der Waals surface area contributed by atoms with Crippen LogP contribution in [0.15, 0.2) is 24.3 Å². The summed E-state index contributed by atoms with van der Waals surface area (Å²) in [5.74, 6) is -1.89. The van der Waals surface area contributed by atoms with E-state index in [2.05, 4.69) is 25.7 Å². The Morgan fingerprint density at radius 2 is 1.67 bits per heavy atom. The van der Waals surface area contributed by atoms with Crippen molar-refractivity contribution in [3.05, 3.63) is 52.6 Å². The Bertz CT molecular complexity index is 1190. The number of hydrogen-bond acceptors (Lipinski definition) is 5. The van der Waals surface area contributed by atoms with E-state index in [9.17, 15) is 22.8 Å². The Balaban J connectivity index is 1.67. The zero-order chi connectivity index (χ0) is 24.6. The van der Waals surface area contributed by atoms with Gasteiger partial charge in [-0.1, -0.05) is 0 Å². The van der Waals surface area contributed by atoms with Crippen LogP contribution >= 0.6 is 0 Å². The van der Waals surface area contributed by atoms with Gasteiger partial charge in [-0.15, -0.1) is 5.10 Å². The molecule has 33 heavy (non-hydrogen) atoms. The summed E-state index contributed by atoms with van der Waals surface area (Å²) in [4.78, 5) is 32.2. The zero-order valence-electron chi connectivity index (χ0n) is 19.0. The molecule has 2 heterocycles. The molecule has 1 aromatic carbocycles. The Labute approximate surface area is 188 Å². The third kappa shape index (κ3) is 5.85. The number of nitrogens with one attached hydrogen (secondary N) is 2. The molecule has 0 aliphatic carbocycles.